The average molecular weight is 509 g/mol. The van der Waals surface area contributed by atoms with Gasteiger partial charge in [0.2, 0.25) is 10.0 Å². The van der Waals surface area contributed by atoms with Gasteiger partial charge in [0.1, 0.15) is 4.90 Å². The van der Waals surface area contributed by atoms with Crippen LogP contribution >= 0.6 is 0 Å². The molecule has 0 amide bonds. The SMILES string of the molecule is CNc1ccc(N=Nc2ccc(N(C)S(=O)(=O)CCOS(=O)(=O)O)cc2)cc1S(=O)(=O)O. The summed E-state index contributed by atoms with van der Waals surface area (Å²) in [5, 5.41) is 10.5. The first-order chi connectivity index (χ1) is 14.7. The standard InChI is InChI=1S/C16H20N4O9S3/c1-17-15-8-5-13(11-16(15)31(23,24)25)19-18-12-3-6-14(7-4-12)20(2)30(21,22)10-9-29-32(26,27)28/h3-8,11,17H,9-10H2,1-2H3,(H,23,24,25)(H,26,27,28). The van der Waals surface area contributed by atoms with Gasteiger partial charge in [0, 0.05) is 14.1 Å². The third-order valence-electron chi connectivity index (χ3n) is 4.00. The summed E-state index contributed by atoms with van der Waals surface area (Å²) in [6, 6.07) is 9.76. The predicted molar refractivity (Wildman–Crippen MR) is 116 cm³/mol. The first-order valence-corrected chi connectivity index (χ1v) is 13.0. The van der Waals surface area contributed by atoms with Crippen molar-refractivity contribution in [2.45, 2.75) is 4.90 Å². The second-order valence-corrected chi connectivity index (χ2v) is 10.8. The number of hydrogen-bond donors (Lipinski definition) is 3. The van der Waals surface area contributed by atoms with E-state index in [-0.39, 0.29) is 22.0 Å². The Morgan fingerprint density at radius 3 is 2.03 bits per heavy atom. The Bertz CT molecular complexity index is 1310. The smallest absolute Gasteiger partial charge is 0.387 e. The Balaban J connectivity index is 2.15. The lowest BCUT2D eigenvalue weighted by Gasteiger charge is -2.19. The van der Waals surface area contributed by atoms with Crippen LogP contribution in [0.25, 0.3) is 0 Å². The summed E-state index contributed by atoms with van der Waals surface area (Å²) in [4.78, 5) is -0.364. The molecule has 3 N–H and O–H groups in total. The molecule has 32 heavy (non-hydrogen) atoms. The Morgan fingerprint density at radius 2 is 1.50 bits per heavy atom. The predicted octanol–water partition coefficient (Wildman–Crippen LogP) is 1.98. The van der Waals surface area contributed by atoms with Gasteiger partial charge in [-0.25, -0.2) is 12.6 Å². The summed E-state index contributed by atoms with van der Waals surface area (Å²) < 4.78 is 91.2. The third-order valence-corrected chi connectivity index (χ3v) is 7.08. The normalized spacial score (nSPS) is 12.8. The van der Waals surface area contributed by atoms with Crippen molar-refractivity contribution in [1.82, 2.24) is 0 Å². The highest BCUT2D eigenvalue weighted by Crippen LogP contribution is 2.28. The van der Waals surface area contributed by atoms with Gasteiger partial charge in [-0.15, -0.1) is 0 Å². The van der Waals surface area contributed by atoms with E-state index in [0.717, 1.165) is 10.4 Å². The maximum atomic E-state index is 12.2. The zero-order chi connectivity index (χ0) is 24.2. The minimum Gasteiger partial charge on any atom is -0.387 e. The Morgan fingerprint density at radius 1 is 0.938 bits per heavy atom. The van der Waals surface area contributed by atoms with Gasteiger partial charge in [-0.3, -0.25) is 13.4 Å². The number of nitrogens with one attached hydrogen (secondary N) is 1. The molecule has 0 atom stereocenters. The van der Waals surface area contributed by atoms with Crippen molar-refractivity contribution in [3.63, 3.8) is 0 Å². The number of sulfonamides is 1. The van der Waals surface area contributed by atoms with Crippen LogP contribution in [0.2, 0.25) is 0 Å². The first-order valence-electron chi connectivity index (χ1n) is 8.62. The lowest BCUT2D eigenvalue weighted by molar-refractivity contribution is 0.284. The molecule has 0 spiro atoms. The molecule has 0 saturated heterocycles. The summed E-state index contributed by atoms with van der Waals surface area (Å²) in [6.07, 6.45) is 0. The Hall–Kier alpha value is -2.63. The highest BCUT2D eigenvalue weighted by Gasteiger charge is 2.20. The Labute approximate surface area is 185 Å². The van der Waals surface area contributed by atoms with Crippen LogP contribution in [0, 0.1) is 0 Å². The van der Waals surface area contributed by atoms with Crippen LogP contribution in [0.1, 0.15) is 0 Å². The fourth-order valence-corrected chi connectivity index (χ4v) is 4.51. The molecule has 16 heteroatoms. The minimum atomic E-state index is -4.74. The van der Waals surface area contributed by atoms with Crippen LogP contribution in [-0.4, -0.2) is 60.8 Å². The van der Waals surface area contributed by atoms with Gasteiger partial charge in [-0.2, -0.15) is 27.1 Å². The average Bonchev–Trinajstić information content (AvgIpc) is 2.70. The van der Waals surface area contributed by atoms with E-state index >= 15 is 0 Å². The molecule has 0 bridgehead atoms. The molecule has 2 aromatic rings. The van der Waals surface area contributed by atoms with Crippen LogP contribution in [0.5, 0.6) is 0 Å². The van der Waals surface area contributed by atoms with E-state index in [9.17, 15) is 29.8 Å². The van der Waals surface area contributed by atoms with E-state index in [0.29, 0.717) is 5.69 Å². The van der Waals surface area contributed by atoms with E-state index in [1.807, 2.05) is 0 Å². The number of hydrogen-bond acceptors (Lipinski definition) is 10. The van der Waals surface area contributed by atoms with Crippen molar-refractivity contribution >= 4 is 53.3 Å². The van der Waals surface area contributed by atoms with Crippen molar-refractivity contribution in [3.05, 3.63) is 42.5 Å². The maximum absolute atomic E-state index is 12.2. The maximum Gasteiger partial charge on any atom is 0.397 e. The van der Waals surface area contributed by atoms with Gasteiger partial charge in [-0.05, 0) is 42.5 Å². The van der Waals surface area contributed by atoms with Crippen molar-refractivity contribution in [2.24, 2.45) is 10.2 Å². The molecule has 0 aromatic heterocycles. The van der Waals surface area contributed by atoms with Crippen LogP contribution in [0.4, 0.5) is 22.7 Å². The van der Waals surface area contributed by atoms with E-state index in [1.54, 1.807) is 0 Å². The van der Waals surface area contributed by atoms with Gasteiger partial charge in [0.05, 0.1) is 35.1 Å². The van der Waals surface area contributed by atoms with Gasteiger partial charge in [0.15, 0.2) is 0 Å². The zero-order valence-electron chi connectivity index (χ0n) is 16.8. The van der Waals surface area contributed by atoms with Gasteiger partial charge < -0.3 is 5.32 Å². The van der Waals surface area contributed by atoms with E-state index < -0.39 is 42.9 Å². The van der Waals surface area contributed by atoms with Gasteiger partial charge >= 0.3 is 10.4 Å². The van der Waals surface area contributed by atoms with Gasteiger partial charge in [0.25, 0.3) is 10.1 Å². The summed E-state index contributed by atoms with van der Waals surface area (Å²) in [5.74, 6) is -0.691. The molecule has 0 aliphatic rings. The highest BCUT2D eigenvalue weighted by molar-refractivity contribution is 7.92. The van der Waals surface area contributed by atoms with Crippen LogP contribution < -0.4 is 9.62 Å². The van der Waals surface area contributed by atoms with E-state index in [1.165, 1.54) is 50.5 Å². The number of rotatable bonds is 10. The second-order valence-electron chi connectivity index (χ2n) is 6.16. The van der Waals surface area contributed by atoms with Crippen LogP contribution in [0.15, 0.2) is 57.6 Å². The van der Waals surface area contributed by atoms with Crippen LogP contribution in [0.3, 0.4) is 0 Å². The molecule has 176 valence electrons. The number of anilines is 2. The topological polar surface area (TPSA) is 192 Å². The van der Waals surface area contributed by atoms with Crippen molar-refractivity contribution < 1.29 is 38.5 Å². The molecule has 13 nitrogen and oxygen atoms in total. The van der Waals surface area contributed by atoms with E-state index in [2.05, 4.69) is 19.7 Å². The molecule has 0 heterocycles. The molecule has 0 aliphatic carbocycles. The number of benzene rings is 2. The lowest BCUT2D eigenvalue weighted by Crippen LogP contribution is -2.31. The molecular formula is C16H20N4O9S3. The first kappa shape index (κ1) is 25.6. The molecule has 0 saturated carbocycles. The summed E-state index contributed by atoms with van der Waals surface area (Å²) in [5.41, 5.74) is 0.893. The second kappa shape index (κ2) is 9.88. The summed E-state index contributed by atoms with van der Waals surface area (Å²) >= 11 is 0. The lowest BCUT2D eigenvalue weighted by atomic mass is 10.3. The van der Waals surface area contributed by atoms with Crippen molar-refractivity contribution in [1.29, 1.82) is 0 Å². The van der Waals surface area contributed by atoms with Crippen molar-refractivity contribution in [2.75, 3.05) is 36.1 Å². The third kappa shape index (κ3) is 7.21. The van der Waals surface area contributed by atoms with E-state index in [4.69, 9.17) is 4.55 Å². The summed E-state index contributed by atoms with van der Waals surface area (Å²) in [6.45, 7) is -0.754. The monoisotopic (exact) mass is 508 g/mol. The molecule has 0 unspecified atom stereocenters. The van der Waals surface area contributed by atoms with Gasteiger partial charge in [-0.1, -0.05) is 0 Å². The minimum absolute atomic E-state index is 0.152. The number of nitrogens with zero attached hydrogens (tertiary/aromatic N) is 3. The molecular weight excluding hydrogens is 488 g/mol. The Kier molecular flexibility index (Phi) is 7.92. The fraction of sp³-hybridized carbons (Fsp3) is 0.250. The van der Waals surface area contributed by atoms with Crippen molar-refractivity contribution in [3.8, 4) is 0 Å². The molecule has 2 aromatic carbocycles. The molecule has 0 aliphatic heterocycles. The zero-order valence-corrected chi connectivity index (χ0v) is 19.2. The summed E-state index contributed by atoms with van der Waals surface area (Å²) in [7, 11) is -10.4. The fourth-order valence-electron chi connectivity index (χ4n) is 2.38. The quantitative estimate of drug-likeness (QED) is 0.316. The highest BCUT2D eigenvalue weighted by atomic mass is 32.3. The molecule has 2 rings (SSSR count). The van der Waals surface area contributed by atoms with Crippen LogP contribution in [-0.2, 0) is 34.7 Å². The largest absolute Gasteiger partial charge is 0.397 e. The number of azo groups is 1. The molecule has 0 fully saturated rings. The molecule has 0 radical (unpaired) electrons.